The van der Waals surface area contributed by atoms with E-state index < -0.39 is 0 Å². The van der Waals surface area contributed by atoms with Gasteiger partial charge in [-0.2, -0.15) is 0 Å². The third kappa shape index (κ3) is 4.72. The molecule has 0 atom stereocenters. The zero-order chi connectivity index (χ0) is 23.7. The van der Waals surface area contributed by atoms with Crippen LogP contribution in [0.15, 0.2) is 47.5 Å². The molecule has 5 heterocycles. The molecule has 1 saturated heterocycles. The molecule has 1 aliphatic heterocycles. The number of hydrogen-bond acceptors (Lipinski definition) is 7. The summed E-state index contributed by atoms with van der Waals surface area (Å²) >= 11 is 0. The Labute approximate surface area is 198 Å². The topological polar surface area (TPSA) is 91.8 Å². The van der Waals surface area contributed by atoms with E-state index in [1.165, 1.54) is 6.26 Å². The van der Waals surface area contributed by atoms with Crippen molar-refractivity contribution in [3.63, 3.8) is 0 Å². The van der Waals surface area contributed by atoms with Crippen molar-refractivity contribution in [1.82, 2.24) is 19.4 Å². The fourth-order valence-electron chi connectivity index (χ4n) is 4.24. The van der Waals surface area contributed by atoms with Gasteiger partial charge >= 0.3 is 0 Å². The van der Waals surface area contributed by atoms with Gasteiger partial charge in [-0.05, 0) is 45.7 Å². The van der Waals surface area contributed by atoms with Gasteiger partial charge in [0.2, 0.25) is 5.89 Å². The minimum Gasteiger partial charge on any atom is -0.491 e. The van der Waals surface area contributed by atoms with Crippen LogP contribution in [0.4, 0.5) is 0 Å². The molecule has 8 nitrogen and oxygen atoms in total. The van der Waals surface area contributed by atoms with E-state index >= 15 is 0 Å². The van der Waals surface area contributed by atoms with Gasteiger partial charge in [-0.3, -0.25) is 9.78 Å². The molecule has 0 spiro atoms. The number of fused-ring (bicyclic) bond motifs is 1. The number of carbonyl (C=O) groups excluding carboxylic acids is 1. The second-order valence-electron chi connectivity index (χ2n) is 8.97. The van der Waals surface area contributed by atoms with Crippen molar-refractivity contribution in [2.24, 2.45) is 0 Å². The van der Waals surface area contributed by atoms with Gasteiger partial charge in [0, 0.05) is 67.0 Å². The van der Waals surface area contributed by atoms with Gasteiger partial charge in [0.1, 0.15) is 23.4 Å². The molecule has 0 amide bonds. The number of Topliss-reactive ketones (excluding diaryl/α,β-unsaturated/α-hetero) is 1. The number of nitrogens with zero attached hydrogens (tertiary/aromatic N) is 4. The zero-order valence-corrected chi connectivity index (χ0v) is 19.7. The zero-order valence-electron chi connectivity index (χ0n) is 19.7. The molecule has 8 heteroatoms. The molecule has 0 saturated carbocycles. The molecular weight excluding hydrogens is 432 g/mol. The normalized spacial score (nSPS) is 14.7. The molecule has 4 aromatic rings. The molecule has 0 aromatic carbocycles. The molecule has 0 bridgehead atoms. The largest absolute Gasteiger partial charge is 0.491 e. The lowest BCUT2D eigenvalue weighted by molar-refractivity contribution is 0.0846. The van der Waals surface area contributed by atoms with Crippen molar-refractivity contribution in [1.29, 1.82) is 0 Å². The Hall–Kier alpha value is -3.52. The summed E-state index contributed by atoms with van der Waals surface area (Å²) in [6.07, 6.45) is 9.15. The second kappa shape index (κ2) is 9.38. The van der Waals surface area contributed by atoms with E-state index in [2.05, 4.69) is 16.2 Å². The van der Waals surface area contributed by atoms with Gasteiger partial charge in [0.15, 0.2) is 5.78 Å². The van der Waals surface area contributed by atoms with Gasteiger partial charge in [0.05, 0.1) is 11.8 Å². The quantitative estimate of drug-likeness (QED) is 0.366. The van der Waals surface area contributed by atoms with Crippen LogP contribution in [-0.2, 0) is 11.2 Å². The van der Waals surface area contributed by atoms with Crippen molar-refractivity contribution < 1.29 is 18.7 Å². The van der Waals surface area contributed by atoms with Crippen molar-refractivity contribution in [2.75, 3.05) is 13.2 Å². The van der Waals surface area contributed by atoms with Gasteiger partial charge in [0.25, 0.3) is 0 Å². The summed E-state index contributed by atoms with van der Waals surface area (Å²) in [7, 11) is 0. The number of ether oxygens (including phenoxy) is 2. The molecule has 1 aliphatic rings. The summed E-state index contributed by atoms with van der Waals surface area (Å²) in [6.45, 7) is 7.36. The summed E-state index contributed by atoms with van der Waals surface area (Å²) in [5.41, 5.74) is 4.57. The Morgan fingerprint density at radius 2 is 2.03 bits per heavy atom. The van der Waals surface area contributed by atoms with Crippen molar-refractivity contribution >= 4 is 11.4 Å². The summed E-state index contributed by atoms with van der Waals surface area (Å²) < 4.78 is 19.1. The van der Waals surface area contributed by atoms with Gasteiger partial charge in [-0.25, -0.2) is 9.97 Å². The Morgan fingerprint density at radius 3 is 2.79 bits per heavy atom. The maximum atomic E-state index is 13.1. The number of carbonyl (C=O) groups is 1. The first-order valence-corrected chi connectivity index (χ1v) is 11.6. The molecule has 34 heavy (non-hydrogen) atoms. The predicted octanol–water partition coefficient (Wildman–Crippen LogP) is 4.80. The maximum absolute atomic E-state index is 13.1. The number of hydrogen-bond donors (Lipinski definition) is 0. The highest BCUT2D eigenvalue weighted by molar-refractivity contribution is 5.96. The number of rotatable bonds is 7. The Bertz CT molecular complexity index is 1320. The van der Waals surface area contributed by atoms with E-state index in [0.717, 1.165) is 54.2 Å². The van der Waals surface area contributed by atoms with Crippen LogP contribution in [0.2, 0.25) is 0 Å². The van der Waals surface area contributed by atoms with Crippen LogP contribution in [0.1, 0.15) is 60.0 Å². The molecule has 0 aliphatic carbocycles. The minimum absolute atomic E-state index is 0.0326. The van der Waals surface area contributed by atoms with E-state index in [4.69, 9.17) is 18.9 Å². The van der Waals surface area contributed by atoms with Crippen LogP contribution in [0.25, 0.3) is 17.1 Å². The number of pyridine rings is 2. The first-order valence-electron chi connectivity index (χ1n) is 11.6. The number of aryl methyl sites for hydroxylation is 1. The number of oxazole rings is 1. The summed E-state index contributed by atoms with van der Waals surface area (Å²) in [5, 5.41) is 0. The summed E-state index contributed by atoms with van der Waals surface area (Å²) in [4.78, 5) is 26.6. The van der Waals surface area contributed by atoms with Crippen LogP contribution in [0.5, 0.6) is 5.75 Å². The fourth-order valence-corrected chi connectivity index (χ4v) is 4.24. The molecular formula is C26H28N4O4. The Morgan fingerprint density at radius 1 is 1.21 bits per heavy atom. The average molecular weight is 461 g/mol. The average Bonchev–Trinajstić information content (AvgIpc) is 3.47. The first-order chi connectivity index (χ1) is 16.5. The summed E-state index contributed by atoms with van der Waals surface area (Å²) in [6, 6.07) is 5.60. The van der Waals surface area contributed by atoms with Gasteiger partial charge < -0.3 is 18.3 Å². The SMILES string of the molecule is Cc1cc(-c2nc(C(=O)Cc3cn4cc(C5CCOCC5)nc4cc3OC(C)C)co2)ccn1. The van der Waals surface area contributed by atoms with Crippen LogP contribution in [0.3, 0.4) is 0 Å². The molecule has 5 rings (SSSR count). The standard InChI is InChI=1S/C26H28N4O4/c1-16(2)34-24-12-25-28-21(18-5-8-32-9-6-18)14-30(25)13-20(24)11-23(31)22-15-33-26(29-22)19-4-7-27-17(3)10-19/h4,7,10,12-16,18H,5-6,8-9,11H2,1-3H3. The lowest BCUT2D eigenvalue weighted by atomic mass is 9.97. The third-order valence-electron chi connectivity index (χ3n) is 5.94. The number of imidazole rings is 1. The van der Waals surface area contributed by atoms with Crippen molar-refractivity contribution in [3.8, 4) is 17.2 Å². The molecule has 176 valence electrons. The molecule has 0 N–H and O–H groups in total. The number of aromatic nitrogens is 4. The lowest BCUT2D eigenvalue weighted by Gasteiger charge is -2.19. The molecule has 4 aromatic heterocycles. The minimum atomic E-state index is -0.140. The van der Waals surface area contributed by atoms with Crippen LogP contribution >= 0.6 is 0 Å². The monoisotopic (exact) mass is 460 g/mol. The van der Waals surface area contributed by atoms with Crippen LogP contribution < -0.4 is 4.74 Å². The van der Waals surface area contributed by atoms with E-state index in [1.807, 2.05) is 49.6 Å². The molecule has 0 radical (unpaired) electrons. The lowest BCUT2D eigenvalue weighted by Crippen LogP contribution is -2.14. The Kier molecular flexibility index (Phi) is 6.15. The van der Waals surface area contributed by atoms with Crippen LogP contribution in [0, 0.1) is 6.92 Å². The van der Waals surface area contributed by atoms with E-state index in [1.54, 1.807) is 6.20 Å². The molecule has 0 unspecified atom stereocenters. The van der Waals surface area contributed by atoms with Crippen molar-refractivity contribution in [2.45, 2.75) is 52.1 Å². The highest BCUT2D eigenvalue weighted by Crippen LogP contribution is 2.29. The first kappa shape index (κ1) is 22.3. The van der Waals surface area contributed by atoms with Crippen LogP contribution in [-0.4, -0.2) is 44.5 Å². The predicted molar refractivity (Wildman–Crippen MR) is 126 cm³/mol. The number of ketones is 1. The van der Waals surface area contributed by atoms with Crippen molar-refractivity contribution in [3.05, 3.63) is 65.7 Å². The van der Waals surface area contributed by atoms with Gasteiger partial charge in [-0.1, -0.05) is 0 Å². The Balaban J connectivity index is 1.43. The smallest absolute Gasteiger partial charge is 0.226 e. The van der Waals surface area contributed by atoms with E-state index in [-0.39, 0.29) is 24.0 Å². The second-order valence-corrected chi connectivity index (χ2v) is 8.97. The highest BCUT2D eigenvalue weighted by atomic mass is 16.5. The third-order valence-corrected chi connectivity index (χ3v) is 5.94. The highest BCUT2D eigenvalue weighted by Gasteiger charge is 2.21. The van der Waals surface area contributed by atoms with Gasteiger partial charge in [-0.15, -0.1) is 0 Å². The van der Waals surface area contributed by atoms with E-state index in [0.29, 0.717) is 17.6 Å². The molecule has 1 fully saturated rings. The summed E-state index contributed by atoms with van der Waals surface area (Å²) in [5.74, 6) is 1.31. The van der Waals surface area contributed by atoms with E-state index in [9.17, 15) is 4.79 Å². The maximum Gasteiger partial charge on any atom is 0.226 e. The fraction of sp³-hybridized carbons (Fsp3) is 0.385.